The molecule has 0 aliphatic heterocycles. The van der Waals surface area contributed by atoms with Gasteiger partial charge in [0.05, 0.1) is 12.7 Å². The molecule has 6 nitrogen and oxygen atoms in total. The number of carbonyl (C=O) groups excluding carboxylic acids is 1. The van der Waals surface area contributed by atoms with E-state index in [1.54, 1.807) is 0 Å². The van der Waals surface area contributed by atoms with Gasteiger partial charge in [-0.3, -0.25) is 9.48 Å². The third-order valence-electron chi connectivity index (χ3n) is 3.03. The summed E-state index contributed by atoms with van der Waals surface area (Å²) in [6.07, 6.45) is 3.11. The van der Waals surface area contributed by atoms with Crippen LogP contribution in [0.3, 0.4) is 0 Å². The molecule has 130 valence electrons. The van der Waals surface area contributed by atoms with Crippen LogP contribution in [0.15, 0.2) is 24.4 Å². The fraction of sp³-hybridized carbons (Fsp3) is 0.267. The summed E-state index contributed by atoms with van der Waals surface area (Å²) in [4.78, 5) is 18.7. The molecule has 0 bridgehead atoms. The van der Waals surface area contributed by atoms with Crippen molar-refractivity contribution in [3.8, 4) is 11.1 Å². The molecule has 8 heteroatoms. The largest absolute Gasteiger partial charge is 0.521 e. The summed E-state index contributed by atoms with van der Waals surface area (Å²) in [5.41, 5.74) is 4.72. The SMILES string of the molecule is Cc1cc(Cl)ccc1-c1cnn(C)c1C.O=[C-]NCC(=O)O.[Fm]. The van der Waals surface area contributed by atoms with Crippen molar-refractivity contribution >= 4 is 24.0 Å². The Bertz CT molecular complexity index is 674. The Kier molecular flexibility index (Phi) is 7.56. The number of aliphatic carboxylic acids is 1. The van der Waals surface area contributed by atoms with Crippen molar-refractivity contribution < 1.29 is 14.7 Å². The minimum atomic E-state index is -1.07. The summed E-state index contributed by atoms with van der Waals surface area (Å²) < 4.78 is 1.88. The van der Waals surface area contributed by atoms with Crippen LogP contribution >= 0.6 is 11.6 Å². The van der Waals surface area contributed by atoms with E-state index in [1.807, 2.05) is 41.4 Å². The van der Waals surface area contributed by atoms with Crippen molar-refractivity contribution in [3.63, 3.8) is 0 Å². The van der Waals surface area contributed by atoms with Gasteiger partial charge in [-0.05, 0) is 37.1 Å². The zero-order chi connectivity index (χ0) is 16.7. The molecule has 2 rings (SSSR count). The number of benzene rings is 1. The molecule has 1 aromatic carbocycles. The van der Waals surface area contributed by atoms with Crippen molar-refractivity contribution in [1.29, 1.82) is 0 Å². The van der Waals surface area contributed by atoms with Gasteiger partial charge in [-0.2, -0.15) is 11.5 Å². The Balaban J connectivity index is 0.000000522. The molecular weight excluding hydrogens is 563 g/mol. The van der Waals surface area contributed by atoms with E-state index in [-0.39, 0.29) is 6.54 Å². The molecule has 1 aromatic heterocycles. The minimum absolute atomic E-state index is 0. The number of nitrogens with zero attached hydrogens (tertiary/aromatic N) is 2. The number of rotatable bonds is 4. The van der Waals surface area contributed by atoms with Crippen molar-refractivity contribution in [1.82, 2.24) is 15.1 Å². The van der Waals surface area contributed by atoms with Gasteiger partial charge in [-0.25, -0.2) is 0 Å². The van der Waals surface area contributed by atoms with Gasteiger partial charge in [0.25, 0.3) is 0 Å². The molecule has 0 unspecified atom stereocenters. The summed E-state index contributed by atoms with van der Waals surface area (Å²) in [5, 5.41) is 14.7. The monoisotopic (exact) mass is 579 g/mol. The third-order valence-corrected chi connectivity index (χ3v) is 3.26. The third kappa shape index (κ3) is 5.51. The van der Waals surface area contributed by atoms with E-state index in [2.05, 4.69) is 18.9 Å². The predicted molar refractivity (Wildman–Crippen MR) is 84.5 cm³/mol. The van der Waals surface area contributed by atoms with Crippen LogP contribution in [0.4, 0.5) is 0 Å². The Hall–Kier alpha value is -3.34. The first-order valence-corrected chi connectivity index (χ1v) is 6.81. The predicted octanol–water partition coefficient (Wildman–Crippen LogP) is 2.09. The number of carbonyl (C=O) groups is 1. The molecule has 0 saturated heterocycles. The summed E-state index contributed by atoms with van der Waals surface area (Å²) in [7, 11) is 1.95. The second kappa shape index (κ2) is 8.84. The zero-order valence-electron chi connectivity index (χ0n) is 12.8. The summed E-state index contributed by atoms with van der Waals surface area (Å²) in [5.74, 6) is -1.07. The maximum atomic E-state index is 9.52. The molecule has 0 spiro atoms. The maximum Gasteiger partial charge on any atom is 0.320 e. The van der Waals surface area contributed by atoms with Crippen LogP contribution < -0.4 is 5.32 Å². The number of amides is 1. The summed E-state index contributed by atoms with van der Waals surface area (Å²) in [6.45, 7) is 3.77. The quantitative estimate of drug-likeness (QED) is 0.429. The van der Waals surface area contributed by atoms with Crippen molar-refractivity contribution in [2.45, 2.75) is 13.8 Å². The first kappa shape index (κ1) is 19.7. The molecule has 2 N–H and O–H groups in total. The number of carboxylic acid groups (broad SMARTS) is 1. The average molecular weight is 580 g/mol. The van der Waals surface area contributed by atoms with Gasteiger partial charge in [-0.1, -0.05) is 17.7 Å². The fourth-order valence-electron chi connectivity index (χ4n) is 1.80. The average Bonchev–Trinajstić information content (AvgIpc) is 2.78. The van der Waals surface area contributed by atoms with Crippen LogP contribution in [0, 0.1) is 13.8 Å². The smallest absolute Gasteiger partial charge is 0.320 e. The zero-order valence-corrected chi connectivity index (χ0v) is 16.0. The van der Waals surface area contributed by atoms with Gasteiger partial charge in [0, 0.05) is 23.3 Å². The van der Waals surface area contributed by atoms with Gasteiger partial charge in [0.1, 0.15) is 0 Å². The van der Waals surface area contributed by atoms with E-state index in [4.69, 9.17) is 16.7 Å². The van der Waals surface area contributed by atoms with Crippen LogP contribution in [0.2, 0.25) is 5.02 Å². The van der Waals surface area contributed by atoms with Gasteiger partial charge < -0.3 is 15.2 Å². The molecular formula is C15H17ClFmN3O3-. The second-order valence-electron chi connectivity index (χ2n) is 4.58. The Morgan fingerprint density at radius 3 is 2.43 bits per heavy atom. The molecule has 0 radical (unpaired) electrons. The Morgan fingerprint density at radius 1 is 1.39 bits per heavy atom. The number of hydrogen-bond donors (Lipinski definition) is 2. The van der Waals surface area contributed by atoms with E-state index in [0.29, 0.717) is 0 Å². The number of aromatic nitrogens is 2. The molecule has 0 aliphatic carbocycles. The molecule has 0 fully saturated rings. The fourth-order valence-corrected chi connectivity index (χ4v) is 2.03. The number of carboxylic acids is 1. The molecule has 2 aromatic rings. The van der Waals surface area contributed by atoms with Gasteiger partial charge in [0.15, 0.2) is 0 Å². The Labute approximate surface area is 133 Å². The molecule has 0 atom stereocenters. The van der Waals surface area contributed by atoms with E-state index in [9.17, 15) is 9.59 Å². The van der Waals surface area contributed by atoms with Crippen molar-refractivity contribution in [3.05, 3.63) is 40.7 Å². The van der Waals surface area contributed by atoms with E-state index >= 15 is 0 Å². The van der Waals surface area contributed by atoms with Crippen LogP contribution in [0.1, 0.15) is 11.3 Å². The normalized spacial score (nSPS) is 9.22. The molecule has 0 saturated carbocycles. The first-order chi connectivity index (χ1) is 10.4. The molecule has 1 amide bonds. The first-order valence-electron chi connectivity index (χ1n) is 6.43. The summed E-state index contributed by atoms with van der Waals surface area (Å²) in [6, 6.07) is 5.93. The van der Waals surface area contributed by atoms with Crippen molar-refractivity contribution in [2.75, 3.05) is 6.54 Å². The van der Waals surface area contributed by atoms with Gasteiger partial charge in [0.2, 0.25) is 0 Å². The van der Waals surface area contributed by atoms with E-state index in [1.165, 1.54) is 28.8 Å². The maximum absolute atomic E-state index is 9.52. The number of hydrogen-bond acceptors (Lipinski definition) is 3. The molecule has 0 aliphatic rings. The van der Waals surface area contributed by atoms with Crippen molar-refractivity contribution in [2.24, 2.45) is 7.05 Å². The molecule has 1 heterocycles. The number of aryl methyl sites for hydroxylation is 2. The van der Waals surface area contributed by atoms with E-state index in [0.717, 1.165) is 5.02 Å². The number of halogens is 1. The van der Waals surface area contributed by atoms with Crippen LogP contribution in [-0.4, -0.2) is 33.8 Å². The summed E-state index contributed by atoms with van der Waals surface area (Å²) >= 11 is 5.93. The van der Waals surface area contributed by atoms with Gasteiger partial charge in [-0.15, -0.1) is 0 Å². The molecule has 23 heavy (non-hydrogen) atoms. The Morgan fingerprint density at radius 2 is 2.04 bits per heavy atom. The van der Waals surface area contributed by atoms with E-state index < -0.39 is 5.97 Å². The van der Waals surface area contributed by atoms with Crippen LogP contribution in [-0.2, 0) is 16.6 Å². The minimum Gasteiger partial charge on any atom is -0.521 e. The van der Waals surface area contributed by atoms with Gasteiger partial charge >= 0.3 is 5.97 Å². The number of nitrogens with one attached hydrogen (secondary N) is 1. The topological polar surface area (TPSA) is 84.2 Å². The van der Waals surface area contributed by atoms with Crippen LogP contribution in [0.25, 0.3) is 11.1 Å². The van der Waals surface area contributed by atoms with Crippen LogP contribution in [0.5, 0.6) is 0 Å². The standard InChI is InChI=1S/C12H13ClN2.C3H4NO3.Fm/c1-8-6-10(13)4-5-11(8)12-7-14-15(3)9(12)2;5-2-4-1-3(6)7;/h4-7H,1-3H3;1H2,(H,4,5)(H,6,7);/q;-1;. The second-order valence-corrected chi connectivity index (χ2v) is 5.01.